The first-order valence-corrected chi connectivity index (χ1v) is 8.84. The Balaban J connectivity index is 1.55. The van der Waals surface area contributed by atoms with Crippen LogP contribution in [0.3, 0.4) is 0 Å². The summed E-state index contributed by atoms with van der Waals surface area (Å²) in [5.41, 5.74) is 1.75. The minimum absolute atomic E-state index is 0.191. The van der Waals surface area contributed by atoms with Crippen molar-refractivity contribution in [2.75, 3.05) is 0 Å². The van der Waals surface area contributed by atoms with Crippen LogP contribution in [0.4, 0.5) is 0 Å². The first-order valence-electron chi connectivity index (χ1n) is 7.96. The topological polar surface area (TPSA) is 54.9 Å². The van der Waals surface area contributed by atoms with Gasteiger partial charge >= 0.3 is 0 Å². The van der Waals surface area contributed by atoms with E-state index in [0.29, 0.717) is 6.54 Å². The number of thiazole rings is 1. The van der Waals surface area contributed by atoms with Gasteiger partial charge in [0.05, 0.1) is 17.9 Å². The van der Waals surface area contributed by atoms with E-state index in [9.17, 15) is 4.79 Å². The monoisotopic (exact) mass is 315 g/mol. The number of nitrogens with zero attached hydrogens (tertiary/aromatic N) is 2. The van der Waals surface area contributed by atoms with Gasteiger partial charge in [-0.3, -0.25) is 9.78 Å². The van der Waals surface area contributed by atoms with Crippen LogP contribution in [0.5, 0.6) is 0 Å². The van der Waals surface area contributed by atoms with Crippen molar-refractivity contribution in [1.29, 1.82) is 0 Å². The minimum Gasteiger partial charge on any atom is -0.349 e. The summed E-state index contributed by atoms with van der Waals surface area (Å²) in [6, 6.07) is 5.79. The Morgan fingerprint density at radius 1 is 1.18 bits per heavy atom. The van der Waals surface area contributed by atoms with Crippen molar-refractivity contribution in [3.05, 3.63) is 34.8 Å². The van der Waals surface area contributed by atoms with Gasteiger partial charge in [-0.05, 0) is 25.0 Å². The number of pyridine rings is 1. The summed E-state index contributed by atoms with van der Waals surface area (Å²) in [4.78, 5) is 21.1. The Kier molecular flexibility index (Phi) is 5.16. The zero-order valence-corrected chi connectivity index (χ0v) is 13.4. The van der Waals surface area contributed by atoms with Gasteiger partial charge in [0.2, 0.25) is 5.91 Å². The number of carbonyl (C=O) groups is 1. The summed E-state index contributed by atoms with van der Waals surface area (Å²) < 4.78 is 0. The van der Waals surface area contributed by atoms with Crippen molar-refractivity contribution >= 4 is 17.2 Å². The van der Waals surface area contributed by atoms with E-state index in [4.69, 9.17) is 0 Å². The van der Waals surface area contributed by atoms with Gasteiger partial charge < -0.3 is 5.32 Å². The Bertz CT molecular complexity index is 603. The molecule has 1 amide bonds. The highest BCUT2D eigenvalue weighted by Crippen LogP contribution is 2.23. The molecule has 22 heavy (non-hydrogen) atoms. The number of aromatic nitrogens is 2. The van der Waals surface area contributed by atoms with Gasteiger partial charge in [0.1, 0.15) is 5.01 Å². The van der Waals surface area contributed by atoms with Gasteiger partial charge in [0.25, 0.3) is 0 Å². The molecule has 5 heteroatoms. The van der Waals surface area contributed by atoms with Crippen LogP contribution in [0.2, 0.25) is 0 Å². The van der Waals surface area contributed by atoms with E-state index >= 15 is 0 Å². The SMILES string of the molecule is O=C(NCc1nc(-c2ccccn2)cs1)C1CCCCCC1. The standard InChI is InChI=1S/C17H21N3OS/c21-17(13-7-3-1-2-4-8-13)19-11-16-20-15(12-22-16)14-9-5-6-10-18-14/h5-6,9-10,12-13H,1-4,7-8,11H2,(H,19,21). The van der Waals surface area contributed by atoms with Crippen LogP contribution < -0.4 is 5.32 Å². The Labute approximate surface area is 135 Å². The van der Waals surface area contributed by atoms with E-state index in [1.54, 1.807) is 17.5 Å². The molecule has 0 aromatic carbocycles. The van der Waals surface area contributed by atoms with Crippen LogP contribution in [0.1, 0.15) is 43.5 Å². The highest BCUT2D eigenvalue weighted by Gasteiger charge is 2.19. The second-order valence-electron chi connectivity index (χ2n) is 5.75. The molecular formula is C17H21N3OS. The molecule has 116 valence electrons. The summed E-state index contributed by atoms with van der Waals surface area (Å²) in [5.74, 6) is 0.384. The van der Waals surface area contributed by atoms with Crippen molar-refractivity contribution < 1.29 is 4.79 Å². The molecule has 2 heterocycles. The van der Waals surface area contributed by atoms with Crippen LogP contribution >= 0.6 is 11.3 Å². The van der Waals surface area contributed by atoms with Gasteiger partial charge in [0, 0.05) is 17.5 Å². The lowest BCUT2D eigenvalue weighted by molar-refractivity contribution is -0.125. The smallest absolute Gasteiger partial charge is 0.223 e. The lowest BCUT2D eigenvalue weighted by atomic mass is 10.00. The van der Waals surface area contributed by atoms with Crippen LogP contribution in [0.15, 0.2) is 29.8 Å². The fourth-order valence-corrected chi connectivity index (χ4v) is 3.60. The highest BCUT2D eigenvalue weighted by atomic mass is 32.1. The summed E-state index contributed by atoms with van der Waals surface area (Å²) in [5, 5.41) is 5.98. The molecule has 2 aromatic rings. The van der Waals surface area contributed by atoms with Crippen LogP contribution in [-0.4, -0.2) is 15.9 Å². The molecule has 0 saturated heterocycles. The van der Waals surface area contributed by atoms with Crippen molar-refractivity contribution in [2.24, 2.45) is 5.92 Å². The molecule has 1 fully saturated rings. The third-order valence-electron chi connectivity index (χ3n) is 4.12. The van der Waals surface area contributed by atoms with E-state index in [1.165, 1.54) is 25.7 Å². The number of hydrogen-bond acceptors (Lipinski definition) is 4. The summed E-state index contributed by atoms with van der Waals surface area (Å²) in [6.07, 6.45) is 8.72. The Hall–Kier alpha value is -1.75. The van der Waals surface area contributed by atoms with Crippen molar-refractivity contribution in [3.8, 4) is 11.4 Å². The summed E-state index contributed by atoms with van der Waals surface area (Å²) >= 11 is 1.57. The zero-order valence-electron chi connectivity index (χ0n) is 12.6. The second kappa shape index (κ2) is 7.49. The van der Waals surface area contributed by atoms with Gasteiger partial charge in [-0.15, -0.1) is 11.3 Å². The predicted octanol–water partition coefficient (Wildman–Crippen LogP) is 3.79. The van der Waals surface area contributed by atoms with Gasteiger partial charge in [-0.2, -0.15) is 0 Å². The van der Waals surface area contributed by atoms with Gasteiger partial charge in [0.15, 0.2) is 0 Å². The highest BCUT2D eigenvalue weighted by molar-refractivity contribution is 7.09. The van der Waals surface area contributed by atoms with Gasteiger partial charge in [-0.25, -0.2) is 4.98 Å². The van der Waals surface area contributed by atoms with E-state index in [0.717, 1.165) is 29.2 Å². The Morgan fingerprint density at radius 2 is 2.00 bits per heavy atom. The average Bonchev–Trinajstić information content (AvgIpc) is 2.87. The van der Waals surface area contributed by atoms with E-state index in [1.807, 2.05) is 23.6 Å². The van der Waals surface area contributed by atoms with E-state index < -0.39 is 0 Å². The molecule has 0 aliphatic heterocycles. The number of hydrogen-bond donors (Lipinski definition) is 1. The van der Waals surface area contributed by atoms with E-state index in [2.05, 4.69) is 15.3 Å². The fraction of sp³-hybridized carbons (Fsp3) is 0.471. The second-order valence-corrected chi connectivity index (χ2v) is 6.69. The maximum atomic E-state index is 12.3. The molecule has 1 N–H and O–H groups in total. The van der Waals surface area contributed by atoms with Crippen molar-refractivity contribution in [1.82, 2.24) is 15.3 Å². The molecule has 0 unspecified atom stereocenters. The molecule has 4 nitrogen and oxygen atoms in total. The van der Waals surface area contributed by atoms with Crippen molar-refractivity contribution in [2.45, 2.75) is 45.1 Å². The van der Waals surface area contributed by atoms with Crippen LogP contribution in [0.25, 0.3) is 11.4 Å². The fourth-order valence-electron chi connectivity index (χ4n) is 2.87. The number of nitrogens with one attached hydrogen (secondary N) is 1. The normalized spacial score (nSPS) is 16.2. The zero-order chi connectivity index (χ0) is 15.2. The summed E-state index contributed by atoms with van der Waals surface area (Å²) in [6.45, 7) is 0.521. The largest absolute Gasteiger partial charge is 0.349 e. The Morgan fingerprint density at radius 3 is 2.73 bits per heavy atom. The predicted molar refractivity (Wildman–Crippen MR) is 88.4 cm³/mol. The summed E-state index contributed by atoms with van der Waals surface area (Å²) in [7, 11) is 0. The first kappa shape index (κ1) is 15.2. The molecule has 1 aliphatic carbocycles. The van der Waals surface area contributed by atoms with Crippen molar-refractivity contribution in [3.63, 3.8) is 0 Å². The minimum atomic E-state index is 0.191. The quantitative estimate of drug-likeness (QED) is 0.873. The average molecular weight is 315 g/mol. The maximum Gasteiger partial charge on any atom is 0.223 e. The maximum absolute atomic E-state index is 12.3. The number of carbonyl (C=O) groups excluding carboxylic acids is 1. The molecular weight excluding hydrogens is 294 g/mol. The lowest BCUT2D eigenvalue weighted by Gasteiger charge is -2.13. The molecule has 1 aliphatic rings. The molecule has 0 radical (unpaired) electrons. The third-order valence-corrected chi connectivity index (χ3v) is 4.97. The molecule has 2 aromatic heterocycles. The van der Waals surface area contributed by atoms with Gasteiger partial charge in [-0.1, -0.05) is 31.7 Å². The van der Waals surface area contributed by atoms with Crippen LogP contribution in [0, 0.1) is 5.92 Å². The number of amides is 1. The molecule has 0 spiro atoms. The lowest BCUT2D eigenvalue weighted by Crippen LogP contribution is -2.30. The third kappa shape index (κ3) is 3.91. The van der Waals surface area contributed by atoms with E-state index in [-0.39, 0.29) is 11.8 Å². The molecule has 0 atom stereocenters. The van der Waals surface area contributed by atoms with Crippen LogP contribution in [-0.2, 0) is 11.3 Å². The number of rotatable bonds is 4. The molecule has 0 bridgehead atoms. The molecule has 1 saturated carbocycles. The first-order chi connectivity index (χ1) is 10.8. The molecule has 3 rings (SSSR count).